The van der Waals surface area contributed by atoms with Crippen molar-refractivity contribution in [3.8, 4) is 0 Å². The van der Waals surface area contributed by atoms with Gasteiger partial charge in [-0.05, 0) is 26.0 Å². The van der Waals surface area contributed by atoms with Gasteiger partial charge in [-0.2, -0.15) is 26.7 Å². The lowest BCUT2D eigenvalue weighted by atomic mass is 10.3. The van der Waals surface area contributed by atoms with Crippen LogP contribution >= 0.6 is 11.8 Å². The van der Waals surface area contributed by atoms with Gasteiger partial charge in [-0.1, -0.05) is 18.2 Å². The second kappa shape index (κ2) is 8.55. The van der Waals surface area contributed by atoms with Crippen molar-refractivity contribution >= 4 is 29.3 Å². The molecule has 0 bridgehead atoms. The summed E-state index contributed by atoms with van der Waals surface area (Å²) in [5, 5.41) is 3.13. The molecule has 7 heteroatoms. The summed E-state index contributed by atoms with van der Waals surface area (Å²) in [5.41, 5.74) is 6.66. The van der Waals surface area contributed by atoms with Crippen molar-refractivity contribution in [3.05, 3.63) is 36.2 Å². The van der Waals surface area contributed by atoms with Crippen LogP contribution in [0.3, 0.4) is 0 Å². The predicted molar refractivity (Wildman–Crippen MR) is 91.2 cm³/mol. The van der Waals surface area contributed by atoms with Gasteiger partial charge in [0.1, 0.15) is 5.82 Å². The molecule has 0 aliphatic carbocycles. The van der Waals surface area contributed by atoms with E-state index in [1.165, 1.54) is 0 Å². The van der Waals surface area contributed by atoms with Gasteiger partial charge in [0.25, 0.3) is 0 Å². The standard InChI is InChI=1S/C15H21N5OS/c1-11(2)21-8-9-22-10-13-18-14(16)20-15(19-13)17-12-6-4-3-5-7-12/h3-7,11H,8-10H2,1-2H3,(H3,16,17,18,19,20). The van der Waals surface area contributed by atoms with Crippen LogP contribution in [0.4, 0.5) is 17.6 Å². The van der Waals surface area contributed by atoms with Gasteiger partial charge >= 0.3 is 0 Å². The van der Waals surface area contributed by atoms with E-state index in [0.29, 0.717) is 17.5 Å². The monoisotopic (exact) mass is 319 g/mol. The third-order valence-corrected chi connectivity index (χ3v) is 3.56. The van der Waals surface area contributed by atoms with Crippen LogP contribution < -0.4 is 11.1 Å². The maximum atomic E-state index is 5.75. The fraction of sp³-hybridized carbons (Fsp3) is 0.400. The molecule has 3 N–H and O–H groups in total. The summed E-state index contributed by atoms with van der Waals surface area (Å²) in [5.74, 6) is 2.93. The fourth-order valence-electron chi connectivity index (χ4n) is 1.72. The summed E-state index contributed by atoms with van der Waals surface area (Å²) in [6.07, 6.45) is 0.259. The number of hydrogen-bond donors (Lipinski definition) is 2. The van der Waals surface area contributed by atoms with E-state index in [1.54, 1.807) is 11.8 Å². The number of rotatable bonds is 8. The van der Waals surface area contributed by atoms with Crippen molar-refractivity contribution in [1.82, 2.24) is 15.0 Å². The Morgan fingerprint density at radius 1 is 1.18 bits per heavy atom. The molecule has 0 unspecified atom stereocenters. The van der Waals surface area contributed by atoms with Crippen LogP contribution in [0.25, 0.3) is 0 Å². The van der Waals surface area contributed by atoms with Crippen LogP contribution in [-0.4, -0.2) is 33.4 Å². The van der Waals surface area contributed by atoms with Crippen molar-refractivity contribution in [1.29, 1.82) is 0 Å². The smallest absolute Gasteiger partial charge is 0.232 e. The average molecular weight is 319 g/mol. The van der Waals surface area contributed by atoms with Crippen LogP contribution in [-0.2, 0) is 10.5 Å². The van der Waals surface area contributed by atoms with Crippen LogP contribution in [0, 0.1) is 0 Å². The first kappa shape index (κ1) is 16.5. The number of para-hydroxylation sites is 1. The highest BCUT2D eigenvalue weighted by molar-refractivity contribution is 7.98. The molecule has 0 amide bonds. The van der Waals surface area contributed by atoms with Gasteiger partial charge in [-0.15, -0.1) is 0 Å². The molecule has 0 atom stereocenters. The molecule has 0 radical (unpaired) electrons. The number of thioether (sulfide) groups is 1. The number of nitrogens with two attached hydrogens (primary N) is 1. The first-order valence-electron chi connectivity index (χ1n) is 7.15. The highest BCUT2D eigenvalue weighted by Gasteiger charge is 2.05. The minimum Gasteiger partial charge on any atom is -0.378 e. The highest BCUT2D eigenvalue weighted by Crippen LogP contribution is 2.15. The first-order valence-corrected chi connectivity index (χ1v) is 8.31. The Bertz CT molecular complexity index is 579. The van der Waals surface area contributed by atoms with Crippen LogP contribution in [0.5, 0.6) is 0 Å². The Hall–Kier alpha value is -1.86. The van der Waals surface area contributed by atoms with Gasteiger partial charge in [-0.25, -0.2) is 0 Å². The summed E-state index contributed by atoms with van der Waals surface area (Å²) >= 11 is 1.71. The van der Waals surface area contributed by atoms with Crippen LogP contribution in [0.1, 0.15) is 19.7 Å². The molecule has 6 nitrogen and oxygen atoms in total. The van der Waals surface area contributed by atoms with E-state index in [4.69, 9.17) is 10.5 Å². The molecule has 1 aromatic heterocycles. The molecule has 1 aromatic carbocycles. The summed E-state index contributed by atoms with van der Waals surface area (Å²) in [4.78, 5) is 12.7. The fourth-order valence-corrected chi connectivity index (χ4v) is 2.39. The largest absolute Gasteiger partial charge is 0.378 e. The first-order chi connectivity index (χ1) is 10.6. The van der Waals surface area contributed by atoms with E-state index in [9.17, 15) is 0 Å². The van der Waals surface area contributed by atoms with E-state index in [0.717, 1.165) is 18.0 Å². The topological polar surface area (TPSA) is 86.0 Å². The molecule has 0 aliphatic heterocycles. The number of benzene rings is 1. The Kier molecular flexibility index (Phi) is 6.42. The number of aromatic nitrogens is 3. The van der Waals surface area contributed by atoms with Crippen LogP contribution in [0.15, 0.2) is 30.3 Å². The number of nitrogens with zero attached hydrogens (tertiary/aromatic N) is 3. The second-order valence-electron chi connectivity index (χ2n) is 4.90. The van der Waals surface area contributed by atoms with Gasteiger partial charge < -0.3 is 15.8 Å². The molecule has 0 saturated carbocycles. The Balaban J connectivity index is 1.89. The maximum absolute atomic E-state index is 5.75. The van der Waals surface area contributed by atoms with E-state index >= 15 is 0 Å². The van der Waals surface area contributed by atoms with Crippen molar-refractivity contribution in [2.24, 2.45) is 0 Å². The Morgan fingerprint density at radius 2 is 1.95 bits per heavy atom. The zero-order valence-electron chi connectivity index (χ0n) is 12.8. The van der Waals surface area contributed by atoms with Gasteiger partial charge in [0.2, 0.25) is 11.9 Å². The molecular formula is C15H21N5OS. The van der Waals surface area contributed by atoms with Crippen molar-refractivity contribution in [2.75, 3.05) is 23.4 Å². The van der Waals surface area contributed by atoms with E-state index in [2.05, 4.69) is 20.3 Å². The summed E-state index contributed by atoms with van der Waals surface area (Å²) in [7, 11) is 0. The zero-order valence-corrected chi connectivity index (χ0v) is 13.6. The van der Waals surface area contributed by atoms with Crippen molar-refractivity contribution < 1.29 is 4.74 Å². The van der Waals surface area contributed by atoms with E-state index in [-0.39, 0.29) is 12.1 Å². The highest BCUT2D eigenvalue weighted by atomic mass is 32.2. The van der Waals surface area contributed by atoms with Crippen molar-refractivity contribution in [3.63, 3.8) is 0 Å². The minimum absolute atomic E-state index is 0.225. The van der Waals surface area contributed by atoms with Crippen molar-refractivity contribution in [2.45, 2.75) is 25.7 Å². The minimum atomic E-state index is 0.225. The van der Waals surface area contributed by atoms with Gasteiger partial charge in [-0.3, -0.25) is 0 Å². The third-order valence-electron chi connectivity index (χ3n) is 2.64. The molecule has 118 valence electrons. The molecule has 0 spiro atoms. The molecule has 2 rings (SSSR count). The quantitative estimate of drug-likeness (QED) is 0.723. The Labute approximate surface area is 134 Å². The normalized spacial score (nSPS) is 10.9. The lowest BCUT2D eigenvalue weighted by Gasteiger charge is -2.08. The molecular weight excluding hydrogens is 298 g/mol. The summed E-state index contributed by atoms with van der Waals surface area (Å²) in [6.45, 7) is 4.77. The summed E-state index contributed by atoms with van der Waals surface area (Å²) in [6, 6.07) is 9.72. The lowest BCUT2D eigenvalue weighted by Crippen LogP contribution is -2.08. The molecule has 1 heterocycles. The van der Waals surface area contributed by atoms with E-state index in [1.807, 2.05) is 44.2 Å². The van der Waals surface area contributed by atoms with Crippen LogP contribution in [0.2, 0.25) is 0 Å². The average Bonchev–Trinajstić information content (AvgIpc) is 2.47. The van der Waals surface area contributed by atoms with Gasteiger partial charge in [0.15, 0.2) is 0 Å². The molecule has 0 fully saturated rings. The third kappa shape index (κ3) is 5.87. The molecule has 2 aromatic rings. The Morgan fingerprint density at radius 3 is 2.68 bits per heavy atom. The molecule has 0 aliphatic rings. The molecule has 22 heavy (non-hydrogen) atoms. The van der Waals surface area contributed by atoms with Gasteiger partial charge in [0.05, 0.1) is 18.5 Å². The van der Waals surface area contributed by atoms with E-state index < -0.39 is 0 Å². The lowest BCUT2D eigenvalue weighted by molar-refractivity contribution is 0.0920. The number of nitrogens with one attached hydrogen (secondary N) is 1. The number of nitrogen functional groups attached to an aromatic ring is 1. The number of hydrogen-bond acceptors (Lipinski definition) is 7. The van der Waals surface area contributed by atoms with Gasteiger partial charge in [0, 0.05) is 11.4 Å². The second-order valence-corrected chi connectivity index (χ2v) is 6.00. The maximum Gasteiger partial charge on any atom is 0.232 e. The number of anilines is 3. The summed E-state index contributed by atoms with van der Waals surface area (Å²) < 4.78 is 5.50. The predicted octanol–water partition coefficient (Wildman–Crippen LogP) is 2.86. The SMILES string of the molecule is CC(C)OCCSCc1nc(N)nc(Nc2ccccc2)n1. The number of ether oxygens (including phenoxy) is 1. The zero-order chi connectivity index (χ0) is 15.8. The molecule has 0 saturated heterocycles.